The third-order valence-electron chi connectivity index (χ3n) is 1.69. The molecule has 0 atom stereocenters. The minimum Gasteiger partial charge on any atom is -0.464 e. The Bertz CT molecular complexity index is 390. The number of methoxy groups -OCH3 is 1. The molecule has 15 heavy (non-hydrogen) atoms. The summed E-state index contributed by atoms with van der Waals surface area (Å²) >= 11 is 5.91. The number of esters is 1. The quantitative estimate of drug-likeness (QED) is 0.450. The monoisotopic (exact) mass is 227 g/mol. The predicted octanol–water partition coefficient (Wildman–Crippen LogP) is 1.86. The molecule has 0 amide bonds. The molecule has 80 valence electrons. The van der Waals surface area contributed by atoms with Crippen LogP contribution in [0.3, 0.4) is 0 Å². The summed E-state index contributed by atoms with van der Waals surface area (Å²) in [5.74, 6) is -0.593. The number of hydrogen-bond acceptors (Lipinski definition) is 4. The summed E-state index contributed by atoms with van der Waals surface area (Å²) in [7, 11) is 2.62. The third kappa shape index (κ3) is 2.70. The number of ether oxygens (including phenoxy) is 1. The molecule has 5 heteroatoms. The van der Waals surface area contributed by atoms with Crippen molar-refractivity contribution in [3.63, 3.8) is 0 Å². The van der Waals surface area contributed by atoms with Gasteiger partial charge in [-0.3, -0.25) is 0 Å². The number of nitrogens with zero attached hydrogens (tertiary/aromatic N) is 1. The van der Waals surface area contributed by atoms with Gasteiger partial charge < -0.3 is 9.57 Å². The first-order valence-electron chi connectivity index (χ1n) is 4.15. The number of oxime groups is 1. The van der Waals surface area contributed by atoms with Gasteiger partial charge in [0.1, 0.15) is 7.11 Å². The molecule has 0 N–H and O–H groups in total. The summed E-state index contributed by atoms with van der Waals surface area (Å²) in [5.41, 5.74) is 0.526. The van der Waals surface area contributed by atoms with E-state index in [0.717, 1.165) is 0 Å². The maximum absolute atomic E-state index is 11.4. The van der Waals surface area contributed by atoms with Crippen molar-refractivity contribution in [2.24, 2.45) is 5.16 Å². The van der Waals surface area contributed by atoms with E-state index < -0.39 is 5.97 Å². The zero-order valence-electron chi connectivity index (χ0n) is 8.36. The van der Waals surface area contributed by atoms with E-state index in [1.54, 1.807) is 24.3 Å². The zero-order chi connectivity index (χ0) is 11.3. The molecule has 0 fully saturated rings. The largest absolute Gasteiger partial charge is 0.464 e. The molecule has 0 aliphatic rings. The van der Waals surface area contributed by atoms with Crippen molar-refractivity contribution in [2.75, 3.05) is 14.2 Å². The highest BCUT2D eigenvalue weighted by atomic mass is 35.5. The minimum atomic E-state index is -0.593. The van der Waals surface area contributed by atoms with Crippen LogP contribution < -0.4 is 0 Å². The average molecular weight is 228 g/mol. The predicted molar refractivity (Wildman–Crippen MR) is 57.0 cm³/mol. The van der Waals surface area contributed by atoms with E-state index in [-0.39, 0.29) is 5.71 Å². The van der Waals surface area contributed by atoms with E-state index in [4.69, 9.17) is 11.6 Å². The molecule has 4 nitrogen and oxygen atoms in total. The first kappa shape index (κ1) is 11.5. The second-order valence-corrected chi connectivity index (χ2v) is 3.00. The molecule has 0 aliphatic heterocycles. The standard InChI is InChI=1S/C10H10ClNO3/c1-14-10(13)9(12-15-2)7-5-3-4-6-8(7)11/h3-6H,1-2H3. The van der Waals surface area contributed by atoms with Gasteiger partial charge in [-0.2, -0.15) is 0 Å². The Kier molecular flexibility index (Phi) is 4.12. The number of carbonyl (C=O) groups is 1. The Balaban J connectivity index is 3.17. The van der Waals surface area contributed by atoms with Crippen molar-refractivity contribution in [1.82, 2.24) is 0 Å². The Labute approximate surface area is 92.4 Å². The fourth-order valence-electron chi connectivity index (χ4n) is 1.04. The van der Waals surface area contributed by atoms with Crippen LogP contribution in [-0.4, -0.2) is 25.9 Å². The van der Waals surface area contributed by atoms with Crippen molar-refractivity contribution < 1.29 is 14.4 Å². The molecular weight excluding hydrogens is 218 g/mol. The molecule has 0 aliphatic carbocycles. The molecular formula is C10H10ClNO3. The molecule has 0 saturated carbocycles. The number of benzene rings is 1. The topological polar surface area (TPSA) is 47.9 Å². The van der Waals surface area contributed by atoms with Crippen molar-refractivity contribution in [2.45, 2.75) is 0 Å². The Morgan fingerprint density at radius 2 is 2.00 bits per heavy atom. The van der Waals surface area contributed by atoms with E-state index in [9.17, 15) is 4.79 Å². The van der Waals surface area contributed by atoms with Crippen molar-refractivity contribution in [1.29, 1.82) is 0 Å². The highest BCUT2D eigenvalue weighted by molar-refractivity contribution is 6.47. The van der Waals surface area contributed by atoms with Crippen LogP contribution in [0.4, 0.5) is 0 Å². The van der Waals surface area contributed by atoms with Crippen LogP contribution in [0.15, 0.2) is 29.4 Å². The van der Waals surface area contributed by atoms with Crippen molar-refractivity contribution >= 4 is 23.3 Å². The van der Waals surface area contributed by atoms with Crippen LogP contribution in [0.25, 0.3) is 0 Å². The summed E-state index contributed by atoms with van der Waals surface area (Å²) < 4.78 is 4.57. The van der Waals surface area contributed by atoms with Gasteiger partial charge in [0.15, 0.2) is 5.71 Å². The lowest BCUT2D eigenvalue weighted by Crippen LogP contribution is -2.17. The van der Waals surface area contributed by atoms with Gasteiger partial charge in [-0.15, -0.1) is 0 Å². The van der Waals surface area contributed by atoms with Crippen LogP contribution in [0, 0.1) is 0 Å². The average Bonchev–Trinajstić information content (AvgIpc) is 2.26. The van der Waals surface area contributed by atoms with E-state index >= 15 is 0 Å². The first-order chi connectivity index (χ1) is 7.20. The van der Waals surface area contributed by atoms with E-state index in [1.165, 1.54) is 14.2 Å². The Hall–Kier alpha value is -1.55. The highest BCUT2D eigenvalue weighted by Gasteiger charge is 2.17. The summed E-state index contributed by atoms with van der Waals surface area (Å²) in [6.07, 6.45) is 0. The summed E-state index contributed by atoms with van der Waals surface area (Å²) in [4.78, 5) is 15.9. The van der Waals surface area contributed by atoms with E-state index in [0.29, 0.717) is 10.6 Å². The maximum atomic E-state index is 11.4. The normalized spacial score (nSPS) is 11.0. The summed E-state index contributed by atoms with van der Waals surface area (Å²) in [6, 6.07) is 6.82. The minimum absolute atomic E-state index is 0.0469. The Morgan fingerprint density at radius 3 is 2.53 bits per heavy atom. The summed E-state index contributed by atoms with van der Waals surface area (Å²) in [6.45, 7) is 0. The van der Waals surface area contributed by atoms with Gasteiger partial charge in [0.2, 0.25) is 0 Å². The van der Waals surface area contributed by atoms with Gasteiger partial charge >= 0.3 is 5.97 Å². The van der Waals surface area contributed by atoms with Gasteiger partial charge in [-0.05, 0) is 6.07 Å². The molecule has 0 unspecified atom stereocenters. The zero-order valence-corrected chi connectivity index (χ0v) is 9.12. The number of carbonyl (C=O) groups excluding carboxylic acids is 1. The lowest BCUT2D eigenvalue weighted by molar-refractivity contribution is -0.132. The maximum Gasteiger partial charge on any atom is 0.360 e. The van der Waals surface area contributed by atoms with E-state index in [1.807, 2.05) is 0 Å². The molecule has 0 bridgehead atoms. The van der Waals surface area contributed by atoms with Gasteiger partial charge in [-0.25, -0.2) is 4.79 Å². The van der Waals surface area contributed by atoms with Gasteiger partial charge in [0.05, 0.1) is 12.1 Å². The Morgan fingerprint density at radius 1 is 1.33 bits per heavy atom. The third-order valence-corrected chi connectivity index (χ3v) is 2.02. The van der Waals surface area contributed by atoms with Crippen molar-refractivity contribution in [3.8, 4) is 0 Å². The molecule has 0 aromatic heterocycles. The highest BCUT2D eigenvalue weighted by Crippen LogP contribution is 2.16. The molecule has 0 spiro atoms. The fourth-order valence-corrected chi connectivity index (χ4v) is 1.26. The SMILES string of the molecule is CON=C(C(=O)OC)c1ccccc1Cl. The van der Waals surface area contributed by atoms with Crippen LogP contribution in [0.5, 0.6) is 0 Å². The lowest BCUT2D eigenvalue weighted by Gasteiger charge is -2.04. The molecule has 0 radical (unpaired) electrons. The fraction of sp³-hybridized carbons (Fsp3) is 0.200. The summed E-state index contributed by atoms with van der Waals surface area (Å²) in [5, 5.41) is 4.00. The second-order valence-electron chi connectivity index (χ2n) is 2.59. The molecule has 0 heterocycles. The molecule has 1 aromatic carbocycles. The molecule has 1 aromatic rings. The number of rotatable bonds is 3. The number of hydrogen-bond donors (Lipinski definition) is 0. The second kappa shape index (κ2) is 5.36. The lowest BCUT2D eigenvalue weighted by atomic mass is 10.1. The molecule has 0 saturated heterocycles. The van der Waals surface area contributed by atoms with Crippen molar-refractivity contribution in [3.05, 3.63) is 34.9 Å². The van der Waals surface area contributed by atoms with Crippen LogP contribution in [0.1, 0.15) is 5.56 Å². The van der Waals surface area contributed by atoms with Crippen LogP contribution in [-0.2, 0) is 14.4 Å². The van der Waals surface area contributed by atoms with Crippen LogP contribution in [0.2, 0.25) is 5.02 Å². The van der Waals surface area contributed by atoms with Gasteiger partial charge in [0, 0.05) is 5.56 Å². The van der Waals surface area contributed by atoms with Crippen LogP contribution >= 0.6 is 11.6 Å². The first-order valence-corrected chi connectivity index (χ1v) is 4.53. The number of halogens is 1. The molecule has 1 rings (SSSR count). The van der Waals surface area contributed by atoms with E-state index in [2.05, 4.69) is 14.7 Å². The van der Waals surface area contributed by atoms with Gasteiger partial charge in [0.25, 0.3) is 0 Å². The van der Waals surface area contributed by atoms with Gasteiger partial charge in [-0.1, -0.05) is 35.0 Å². The smallest absolute Gasteiger partial charge is 0.360 e.